The first kappa shape index (κ1) is 15.9. The first-order valence-corrected chi connectivity index (χ1v) is 6.85. The third-order valence-corrected chi connectivity index (χ3v) is 3.11. The van der Waals surface area contributed by atoms with Crippen LogP contribution in [0, 0.1) is 6.92 Å². The summed E-state index contributed by atoms with van der Waals surface area (Å²) in [7, 11) is 0. The first-order chi connectivity index (χ1) is 10.5. The van der Waals surface area contributed by atoms with Crippen LogP contribution >= 0.6 is 11.6 Å². The van der Waals surface area contributed by atoms with E-state index in [-0.39, 0.29) is 22.9 Å². The summed E-state index contributed by atoms with van der Waals surface area (Å²) in [5, 5.41) is 11.9. The Balaban J connectivity index is 2.00. The lowest BCUT2D eigenvalue weighted by atomic mass is 10.2. The van der Waals surface area contributed by atoms with Gasteiger partial charge in [0.15, 0.2) is 6.61 Å². The zero-order chi connectivity index (χ0) is 16.1. The Bertz CT molecular complexity index is 698. The lowest BCUT2D eigenvalue weighted by Gasteiger charge is -2.10. The number of benzene rings is 2. The van der Waals surface area contributed by atoms with Gasteiger partial charge in [-0.25, -0.2) is 4.79 Å². The molecule has 2 aromatic carbocycles. The number of nitrogens with one attached hydrogen (secondary N) is 1. The van der Waals surface area contributed by atoms with E-state index in [0.717, 1.165) is 5.56 Å². The molecular formula is C16H14ClNO4. The summed E-state index contributed by atoms with van der Waals surface area (Å²) in [6, 6.07) is 11.5. The molecule has 2 N–H and O–H groups in total. The summed E-state index contributed by atoms with van der Waals surface area (Å²) in [5.74, 6) is -1.06. The van der Waals surface area contributed by atoms with Gasteiger partial charge in [-0.1, -0.05) is 29.3 Å². The fourth-order valence-electron chi connectivity index (χ4n) is 1.77. The second-order valence-corrected chi connectivity index (χ2v) is 5.08. The van der Waals surface area contributed by atoms with E-state index in [2.05, 4.69) is 5.32 Å². The summed E-state index contributed by atoms with van der Waals surface area (Å²) in [5.41, 5.74) is 1.19. The highest BCUT2D eigenvalue weighted by Crippen LogP contribution is 2.21. The van der Waals surface area contributed by atoms with Crippen molar-refractivity contribution in [1.29, 1.82) is 0 Å². The Labute approximate surface area is 132 Å². The number of carboxylic acids is 1. The van der Waals surface area contributed by atoms with Gasteiger partial charge in [-0.05, 0) is 37.3 Å². The van der Waals surface area contributed by atoms with Crippen LogP contribution < -0.4 is 10.1 Å². The van der Waals surface area contributed by atoms with E-state index in [0.29, 0.717) is 5.75 Å². The molecule has 114 valence electrons. The van der Waals surface area contributed by atoms with Crippen molar-refractivity contribution in [2.75, 3.05) is 11.9 Å². The molecule has 22 heavy (non-hydrogen) atoms. The molecule has 0 atom stereocenters. The van der Waals surface area contributed by atoms with Crippen molar-refractivity contribution < 1.29 is 19.4 Å². The summed E-state index contributed by atoms with van der Waals surface area (Å²) < 4.78 is 5.33. The van der Waals surface area contributed by atoms with Crippen molar-refractivity contribution in [3.63, 3.8) is 0 Å². The number of hydrogen-bond donors (Lipinski definition) is 2. The quantitative estimate of drug-likeness (QED) is 0.886. The predicted octanol–water partition coefficient (Wildman–Crippen LogP) is 3.36. The molecular weight excluding hydrogens is 306 g/mol. The Hall–Kier alpha value is -2.53. The van der Waals surface area contributed by atoms with Gasteiger partial charge in [0.2, 0.25) is 0 Å². The van der Waals surface area contributed by atoms with Gasteiger partial charge in [0.05, 0.1) is 11.3 Å². The zero-order valence-corrected chi connectivity index (χ0v) is 12.6. The largest absolute Gasteiger partial charge is 0.484 e. The Kier molecular flexibility index (Phi) is 5.01. The van der Waals surface area contributed by atoms with E-state index in [1.165, 1.54) is 18.2 Å². The van der Waals surface area contributed by atoms with Crippen LogP contribution in [0.5, 0.6) is 5.75 Å². The molecule has 0 spiro atoms. The van der Waals surface area contributed by atoms with E-state index < -0.39 is 11.9 Å². The van der Waals surface area contributed by atoms with Crippen molar-refractivity contribution in [2.45, 2.75) is 6.92 Å². The highest BCUT2D eigenvalue weighted by Gasteiger charge is 2.13. The molecule has 0 saturated carbocycles. The van der Waals surface area contributed by atoms with Gasteiger partial charge in [0, 0.05) is 5.02 Å². The second kappa shape index (κ2) is 6.95. The fourth-order valence-corrected chi connectivity index (χ4v) is 1.94. The average molecular weight is 320 g/mol. The number of carbonyl (C=O) groups is 2. The molecule has 0 unspecified atom stereocenters. The minimum Gasteiger partial charge on any atom is -0.484 e. The lowest BCUT2D eigenvalue weighted by Crippen LogP contribution is -2.21. The monoisotopic (exact) mass is 319 g/mol. The number of carbonyl (C=O) groups excluding carboxylic acids is 1. The molecule has 2 rings (SSSR count). The fraction of sp³-hybridized carbons (Fsp3) is 0.125. The number of rotatable bonds is 5. The molecule has 2 aromatic rings. The van der Waals surface area contributed by atoms with Gasteiger partial charge in [0.1, 0.15) is 5.75 Å². The molecule has 0 radical (unpaired) electrons. The maximum atomic E-state index is 11.9. The highest BCUT2D eigenvalue weighted by molar-refractivity contribution is 6.31. The summed E-state index contributed by atoms with van der Waals surface area (Å²) in [6.45, 7) is 1.73. The molecule has 0 aliphatic heterocycles. The standard InChI is InChI=1S/C16H14ClNO4/c1-10-2-5-12(6-3-10)22-9-15(19)18-14-7-4-11(17)8-13(14)16(20)21/h2-8H,9H2,1H3,(H,18,19)(H,20,21). The second-order valence-electron chi connectivity index (χ2n) is 4.64. The Morgan fingerprint density at radius 1 is 1.18 bits per heavy atom. The predicted molar refractivity (Wildman–Crippen MR) is 83.7 cm³/mol. The number of aryl methyl sites for hydroxylation is 1. The van der Waals surface area contributed by atoms with Gasteiger partial charge in [-0.3, -0.25) is 4.79 Å². The maximum absolute atomic E-state index is 11.9. The molecule has 1 amide bonds. The van der Waals surface area contributed by atoms with Crippen molar-refractivity contribution in [3.8, 4) is 5.75 Å². The SMILES string of the molecule is Cc1ccc(OCC(=O)Nc2ccc(Cl)cc2C(=O)O)cc1. The molecule has 0 bridgehead atoms. The lowest BCUT2D eigenvalue weighted by molar-refractivity contribution is -0.118. The van der Waals surface area contributed by atoms with E-state index in [1.54, 1.807) is 12.1 Å². The van der Waals surface area contributed by atoms with Crippen LogP contribution in [-0.2, 0) is 4.79 Å². The number of halogens is 1. The average Bonchev–Trinajstić information content (AvgIpc) is 2.48. The van der Waals surface area contributed by atoms with Crippen LogP contribution in [0.1, 0.15) is 15.9 Å². The topological polar surface area (TPSA) is 75.6 Å². The zero-order valence-electron chi connectivity index (χ0n) is 11.8. The molecule has 0 aliphatic carbocycles. The van der Waals surface area contributed by atoms with Gasteiger partial charge in [-0.2, -0.15) is 0 Å². The maximum Gasteiger partial charge on any atom is 0.337 e. The third kappa shape index (κ3) is 4.23. The highest BCUT2D eigenvalue weighted by atomic mass is 35.5. The van der Waals surface area contributed by atoms with Gasteiger partial charge in [-0.15, -0.1) is 0 Å². The third-order valence-electron chi connectivity index (χ3n) is 2.88. The number of ether oxygens (including phenoxy) is 1. The minimum atomic E-state index is -1.17. The molecule has 0 aromatic heterocycles. The van der Waals surface area contributed by atoms with Gasteiger partial charge >= 0.3 is 5.97 Å². The smallest absolute Gasteiger partial charge is 0.337 e. The first-order valence-electron chi connectivity index (χ1n) is 6.48. The Morgan fingerprint density at radius 2 is 1.86 bits per heavy atom. The van der Waals surface area contributed by atoms with Gasteiger partial charge in [0.25, 0.3) is 5.91 Å². The molecule has 0 heterocycles. The number of amides is 1. The van der Waals surface area contributed by atoms with Crippen LogP contribution in [0.15, 0.2) is 42.5 Å². The summed E-state index contributed by atoms with van der Waals surface area (Å²) >= 11 is 5.75. The van der Waals surface area contributed by atoms with E-state index in [4.69, 9.17) is 21.4 Å². The molecule has 0 fully saturated rings. The van der Waals surface area contributed by atoms with Gasteiger partial charge < -0.3 is 15.2 Å². The van der Waals surface area contributed by atoms with Crippen LogP contribution in [0.2, 0.25) is 5.02 Å². The van der Waals surface area contributed by atoms with Crippen LogP contribution in [-0.4, -0.2) is 23.6 Å². The van der Waals surface area contributed by atoms with E-state index in [9.17, 15) is 9.59 Å². The summed E-state index contributed by atoms with van der Waals surface area (Å²) in [6.07, 6.45) is 0. The molecule has 0 aliphatic rings. The van der Waals surface area contributed by atoms with E-state index >= 15 is 0 Å². The van der Waals surface area contributed by atoms with Crippen LogP contribution in [0.25, 0.3) is 0 Å². The van der Waals surface area contributed by atoms with Crippen LogP contribution in [0.4, 0.5) is 5.69 Å². The Morgan fingerprint density at radius 3 is 2.50 bits per heavy atom. The van der Waals surface area contributed by atoms with Crippen molar-refractivity contribution in [1.82, 2.24) is 0 Å². The van der Waals surface area contributed by atoms with Crippen molar-refractivity contribution in [3.05, 3.63) is 58.6 Å². The number of anilines is 1. The normalized spacial score (nSPS) is 10.1. The number of carboxylic acid groups (broad SMARTS) is 1. The van der Waals surface area contributed by atoms with Crippen molar-refractivity contribution in [2.24, 2.45) is 0 Å². The van der Waals surface area contributed by atoms with Crippen molar-refractivity contribution >= 4 is 29.2 Å². The minimum absolute atomic E-state index is 0.0730. The number of aromatic carboxylic acids is 1. The molecule has 6 heteroatoms. The molecule has 0 saturated heterocycles. The van der Waals surface area contributed by atoms with E-state index in [1.807, 2.05) is 19.1 Å². The molecule has 5 nitrogen and oxygen atoms in total. The van der Waals surface area contributed by atoms with Crippen LogP contribution in [0.3, 0.4) is 0 Å². The summed E-state index contributed by atoms with van der Waals surface area (Å²) in [4.78, 5) is 23.0. The number of hydrogen-bond acceptors (Lipinski definition) is 3.